The van der Waals surface area contributed by atoms with Gasteiger partial charge < -0.3 is 5.32 Å². The van der Waals surface area contributed by atoms with Gasteiger partial charge in [0, 0.05) is 23.6 Å². The number of rotatable bonds is 3. The second-order valence-electron chi connectivity index (χ2n) is 5.74. The Bertz CT molecular complexity index is 465. The maximum absolute atomic E-state index is 6.19. The van der Waals surface area contributed by atoms with Crippen LogP contribution in [0, 0.1) is 11.8 Å². The lowest BCUT2D eigenvalue weighted by molar-refractivity contribution is 0.210. The van der Waals surface area contributed by atoms with Gasteiger partial charge in [0.15, 0.2) is 0 Å². The fraction of sp³-hybridized carbons (Fsp3) is 0.600. The number of nitrogens with one attached hydrogen (secondary N) is 1. The van der Waals surface area contributed by atoms with E-state index in [4.69, 9.17) is 11.6 Å². The van der Waals surface area contributed by atoms with Crippen molar-refractivity contribution in [3.05, 3.63) is 33.3 Å². The maximum atomic E-state index is 6.19. The molecule has 0 aromatic heterocycles. The predicted octanol–water partition coefficient (Wildman–Crippen LogP) is 3.53. The molecule has 0 spiro atoms. The van der Waals surface area contributed by atoms with Gasteiger partial charge in [0.05, 0.1) is 5.02 Å². The van der Waals surface area contributed by atoms with Crippen molar-refractivity contribution in [3.8, 4) is 0 Å². The van der Waals surface area contributed by atoms with E-state index >= 15 is 0 Å². The molecule has 104 valence electrons. The van der Waals surface area contributed by atoms with Crippen molar-refractivity contribution in [3.63, 3.8) is 0 Å². The van der Waals surface area contributed by atoms with E-state index in [9.17, 15) is 0 Å². The fourth-order valence-electron chi connectivity index (χ4n) is 3.73. The largest absolute Gasteiger partial charge is 0.316 e. The van der Waals surface area contributed by atoms with E-state index in [-0.39, 0.29) is 0 Å². The number of likely N-dealkylation sites (tertiary alicyclic amines) is 1. The Labute approximate surface area is 128 Å². The number of nitrogens with zero attached hydrogens (tertiary/aromatic N) is 1. The molecule has 3 rings (SSSR count). The summed E-state index contributed by atoms with van der Waals surface area (Å²) in [6, 6.07) is 7.04. The zero-order chi connectivity index (χ0) is 13.4. The number of hydrogen-bond donors (Lipinski definition) is 1. The van der Waals surface area contributed by atoms with Gasteiger partial charge in [-0.15, -0.1) is 0 Å². The second kappa shape index (κ2) is 5.72. The molecule has 1 N–H and O–H groups in total. The van der Waals surface area contributed by atoms with Crippen LogP contribution in [0.25, 0.3) is 0 Å². The number of fused-ring (bicyclic) bond motifs is 1. The van der Waals surface area contributed by atoms with Crippen LogP contribution >= 0.6 is 27.5 Å². The lowest BCUT2D eigenvalue weighted by atomic mass is 9.93. The van der Waals surface area contributed by atoms with Crippen molar-refractivity contribution in [2.45, 2.75) is 25.9 Å². The van der Waals surface area contributed by atoms with E-state index in [1.54, 1.807) is 0 Å². The summed E-state index contributed by atoms with van der Waals surface area (Å²) in [6.07, 6.45) is 1.24. The molecule has 0 saturated carbocycles. The lowest BCUT2D eigenvalue weighted by Crippen LogP contribution is -2.34. The van der Waals surface area contributed by atoms with Gasteiger partial charge in [-0.2, -0.15) is 0 Å². The highest BCUT2D eigenvalue weighted by molar-refractivity contribution is 9.10. The summed E-state index contributed by atoms with van der Waals surface area (Å²) in [7, 11) is 0. The third-order valence-corrected chi connectivity index (χ3v) is 5.84. The van der Waals surface area contributed by atoms with Crippen LogP contribution in [0.3, 0.4) is 0 Å². The summed E-state index contributed by atoms with van der Waals surface area (Å²) < 4.78 is 0.979. The fourth-order valence-corrected chi connectivity index (χ4v) is 4.18. The van der Waals surface area contributed by atoms with Gasteiger partial charge in [0.1, 0.15) is 0 Å². The molecule has 3 atom stereocenters. The Morgan fingerprint density at radius 1 is 1.42 bits per heavy atom. The van der Waals surface area contributed by atoms with Crippen LogP contribution in [-0.4, -0.2) is 30.6 Å². The van der Waals surface area contributed by atoms with E-state index in [1.165, 1.54) is 31.6 Å². The molecule has 0 radical (unpaired) electrons. The molecule has 2 fully saturated rings. The normalized spacial score (nSPS) is 30.8. The Kier molecular flexibility index (Phi) is 4.18. The van der Waals surface area contributed by atoms with E-state index in [1.807, 2.05) is 0 Å². The minimum Gasteiger partial charge on any atom is -0.316 e. The molecular weight excluding hydrogens is 324 g/mol. The van der Waals surface area contributed by atoms with Crippen LogP contribution in [0.2, 0.25) is 5.02 Å². The quantitative estimate of drug-likeness (QED) is 0.903. The highest BCUT2D eigenvalue weighted by Gasteiger charge is 2.42. The van der Waals surface area contributed by atoms with Crippen molar-refractivity contribution in [2.24, 2.45) is 11.8 Å². The molecule has 1 aromatic rings. The molecule has 2 saturated heterocycles. The van der Waals surface area contributed by atoms with Gasteiger partial charge in [0.2, 0.25) is 0 Å². The summed E-state index contributed by atoms with van der Waals surface area (Å²) >= 11 is 9.64. The summed E-state index contributed by atoms with van der Waals surface area (Å²) in [5.74, 6) is 1.69. The number of hydrogen-bond acceptors (Lipinski definition) is 2. The third-order valence-electron chi connectivity index (χ3n) is 4.61. The first-order chi connectivity index (χ1) is 9.19. The SMILES string of the molecule is CCC1C2CNCC2CN1Cc1ccc(Br)c(Cl)c1. The Hall–Kier alpha value is -0.0900. The molecule has 3 unspecified atom stereocenters. The van der Waals surface area contributed by atoms with E-state index in [0.29, 0.717) is 0 Å². The van der Waals surface area contributed by atoms with Crippen LogP contribution in [0.15, 0.2) is 22.7 Å². The van der Waals surface area contributed by atoms with Gasteiger partial charge in [-0.1, -0.05) is 24.6 Å². The number of halogens is 2. The van der Waals surface area contributed by atoms with Gasteiger partial charge >= 0.3 is 0 Å². The Morgan fingerprint density at radius 2 is 2.26 bits per heavy atom. The van der Waals surface area contributed by atoms with Gasteiger partial charge in [-0.3, -0.25) is 4.90 Å². The van der Waals surface area contributed by atoms with Crippen LogP contribution in [0.1, 0.15) is 18.9 Å². The van der Waals surface area contributed by atoms with Crippen LogP contribution in [0.4, 0.5) is 0 Å². The minimum absolute atomic E-state index is 0.724. The van der Waals surface area contributed by atoms with Crippen molar-refractivity contribution >= 4 is 27.5 Å². The smallest absolute Gasteiger partial charge is 0.0551 e. The van der Waals surface area contributed by atoms with Crippen molar-refractivity contribution in [1.29, 1.82) is 0 Å². The van der Waals surface area contributed by atoms with Gasteiger partial charge in [-0.25, -0.2) is 0 Å². The topological polar surface area (TPSA) is 15.3 Å². The Balaban J connectivity index is 1.74. The number of benzene rings is 1. The second-order valence-corrected chi connectivity index (χ2v) is 7.00. The minimum atomic E-state index is 0.724. The highest BCUT2D eigenvalue weighted by Crippen LogP contribution is 2.35. The van der Waals surface area contributed by atoms with E-state index < -0.39 is 0 Å². The molecule has 2 aliphatic rings. The van der Waals surface area contributed by atoms with Crippen molar-refractivity contribution in [1.82, 2.24) is 10.2 Å². The molecule has 4 heteroatoms. The molecule has 0 aliphatic carbocycles. The zero-order valence-electron chi connectivity index (χ0n) is 11.2. The van der Waals surface area contributed by atoms with Crippen molar-refractivity contribution in [2.75, 3.05) is 19.6 Å². The monoisotopic (exact) mass is 342 g/mol. The molecular formula is C15H20BrClN2. The first-order valence-electron chi connectivity index (χ1n) is 7.07. The van der Waals surface area contributed by atoms with Crippen LogP contribution < -0.4 is 5.32 Å². The molecule has 19 heavy (non-hydrogen) atoms. The highest BCUT2D eigenvalue weighted by atomic mass is 79.9. The summed E-state index contributed by atoms with van der Waals surface area (Å²) in [4.78, 5) is 2.65. The van der Waals surface area contributed by atoms with E-state index in [2.05, 4.69) is 51.3 Å². The summed E-state index contributed by atoms with van der Waals surface area (Å²) in [6.45, 7) is 6.95. The third kappa shape index (κ3) is 2.71. The van der Waals surface area contributed by atoms with Crippen LogP contribution in [0.5, 0.6) is 0 Å². The molecule has 0 bridgehead atoms. The zero-order valence-corrected chi connectivity index (χ0v) is 13.5. The molecule has 0 amide bonds. The Morgan fingerprint density at radius 3 is 3.00 bits per heavy atom. The van der Waals surface area contributed by atoms with E-state index in [0.717, 1.165) is 33.9 Å². The summed E-state index contributed by atoms with van der Waals surface area (Å²) in [5, 5.41) is 4.35. The summed E-state index contributed by atoms with van der Waals surface area (Å²) in [5.41, 5.74) is 1.32. The molecule has 2 heterocycles. The molecule has 2 aliphatic heterocycles. The average molecular weight is 344 g/mol. The maximum Gasteiger partial charge on any atom is 0.0551 e. The lowest BCUT2D eigenvalue weighted by Gasteiger charge is -2.27. The van der Waals surface area contributed by atoms with Gasteiger partial charge in [-0.05, 0) is 65.0 Å². The van der Waals surface area contributed by atoms with Crippen LogP contribution in [-0.2, 0) is 6.54 Å². The standard InChI is InChI=1S/C15H20BrClN2/c1-2-15-12-7-18-6-11(12)9-19(15)8-10-3-4-13(16)14(17)5-10/h3-5,11-12,15,18H,2,6-9H2,1H3. The molecule has 1 aromatic carbocycles. The molecule has 2 nitrogen and oxygen atoms in total. The first kappa shape index (κ1) is 13.9. The average Bonchev–Trinajstić information content (AvgIpc) is 2.94. The van der Waals surface area contributed by atoms with Crippen molar-refractivity contribution < 1.29 is 0 Å². The first-order valence-corrected chi connectivity index (χ1v) is 8.25. The van der Waals surface area contributed by atoms with Gasteiger partial charge in [0.25, 0.3) is 0 Å². The predicted molar refractivity (Wildman–Crippen MR) is 83.5 cm³/mol.